The first-order valence-corrected chi connectivity index (χ1v) is 8.83. The van der Waals surface area contributed by atoms with Crippen LogP contribution in [0, 0.1) is 6.92 Å². The average Bonchev–Trinajstić information content (AvgIpc) is 3.08. The summed E-state index contributed by atoms with van der Waals surface area (Å²) in [6.07, 6.45) is 2.65. The molecule has 1 aromatic rings. The van der Waals surface area contributed by atoms with Crippen LogP contribution >= 0.6 is 0 Å². The molecule has 7 nitrogen and oxygen atoms in total. The average molecular weight is 346 g/mol. The van der Waals surface area contributed by atoms with Gasteiger partial charge in [-0.15, -0.1) is 0 Å². The topological polar surface area (TPSA) is 87.9 Å². The van der Waals surface area contributed by atoms with Gasteiger partial charge in [0.2, 0.25) is 5.91 Å². The second-order valence-electron chi connectivity index (χ2n) is 6.75. The summed E-state index contributed by atoms with van der Waals surface area (Å²) in [4.78, 5) is 27.9. The number of hydrogen-bond donors (Lipinski definition) is 2. The number of urea groups is 1. The van der Waals surface area contributed by atoms with Crippen LogP contribution in [0.5, 0.6) is 0 Å². The van der Waals surface area contributed by atoms with E-state index in [0.717, 1.165) is 44.6 Å². The number of ether oxygens (including phenoxy) is 1. The SMILES string of the molecule is Cc1cc(NC(=O)N2CCN(CC3CCCO3)CC2)ccc1C(N)=O. The Hall–Kier alpha value is -2.12. The van der Waals surface area contributed by atoms with Crippen LogP contribution in [0.25, 0.3) is 0 Å². The predicted molar refractivity (Wildman–Crippen MR) is 95.7 cm³/mol. The molecule has 0 bridgehead atoms. The van der Waals surface area contributed by atoms with E-state index >= 15 is 0 Å². The Kier molecular flexibility index (Phi) is 5.55. The van der Waals surface area contributed by atoms with E-state index in [9.17, 15) is 9.59 Å². The van der Waals surface area contributed by atoms with Crippen molar-refractivity contribution in [3.63, 3.8) is 0 Å². The molecule has 3 amide bonds. The fourth-order valence-electron chi connectivity index (χ4n) is 3.43. The lowest BCUT2D eigenvalue weighted by Gasteiger charge is -2.35. The molecule has 0 radical (unpaired) electrons. The normalized spacial score (nSPS) is 21.3. The molecule has 7 heteroatoms. The van der Waals surface area contributed by atoms with E-state index in [1.54, 1.807) is 25.1 Å². The number of nitrogens with one attached hydrogen (secondary N) is 1. The van der Waals surface area contributed by atoms with Gasteiger partial charge in [0.25, 0.3) is 0 Å². The van der Waals surface area contributed by atoms with Crippen molar-refractivity contribution < 1.29 is 14.3 Å². The lowest BCUT2D eigenvalue weighted by atomic mass is 10.1. The number of nitrogens with zero attached hydrogens (tertiary/aromatic N) is 2. The Balaban J connectivity index is 1.49. The maximum absolute atomic E-state index is 12.4. The number of amides is 3. The Morgan fingerprint density at radius 1 is 1.28 bits per heavy atom. The molecule has 136 valence electrons. The van der Waals surface area contributed by atoms with Crippen LogP contribution in [0.15, 0.2) is 18.2 Å². The van der Waals surface area contributed by atoms with Gasteiger partial charge in [-0.3, -0.25) is 9.69 Å². The zero-order chi connectivity index (χ0) is 17.8. The maximum atomic E-state index is 12.4. The predicted octanol–water partition coefficient (Wildman–Crippen LogP) is 1.42. The minimum absolute atomic E-state index is 0.108. The van der Waals surface area contributed by atoms with Gasteiger partial charge in [0.1, 0.15) is 0 Å². The molecule has 3 N–H and O–H groups in total. The molecule has 2 aliphatic heterocycles. The van der Waals surface area contributed by atoms with Crippen LogP contribution in [-0.2, 0) is 4.74 Å². The van der Waals surface area contributed by atoms with Crippen molar-refractivity contribution in [2.75, 3.05) is 44.6 Å². The first kappa shape index (κ1) is 17.7. The zero-order valence-corrected chi connectivity index (χ0v) is 14.7. The van der Waals surface area contributed by atoms with Crippen molar-refractivity contribution in [2.24, 2.45) is 5.73 Å². The Morgan fingerprint density at radius 2 is 2.04 bits per heavy atom. The van der Waals surface area contributed by atoms with Crippen molar-refractivity contribution in [1.82, 2.24) is 9.80 Å². The Labute approximate surface area is 148 Å². The van der Waals surface area contributed by atoms with Gasteiger partial charge in [0, 0.05) is 50.6 Å². The van der Waals surface area contributed by atoms with Crippen LogP contribution < -0.4 is 11.1 Å². The van der Waals surface area contributed by atoms with Crippen LogP contribution in [0.1, 0.15) is 28.8 Å². The number of nitrogens with two attached hydrogens (primary N) is 1. The van der Waals surface area contributed by atoms with Crippen molar-refractivity contribution in [3.8, 4) is 0 Å². The van der Waals surface area contributed by atoms with Crippen molar-refractivity contribution in [1.29, 1.82) is 0 Å². The molecule has 2 heterocycles. The largest absolute Gasteiger partial charge is 0.377 e. The number of primary amides is 1. The van der Waals surface area contributed by atoms with Crippen LogP contribution in [-0.4, -0.2) is 67.2 Å². The molecule has 0 spiro atoms. The summed E-state index contributed by atoms with van der Waals surface area (Å²) in [7, 11) is 0. The molecule has 0 saturated carbocycles. The van der Waals surface area contributed by atoms with Gasteiger partial charge in [-0.05, 0) is 43.5 Å². The van der Waals surface area contributed by atoms with Gasteiger partial charge in [0.15, 0.2) is 0 Å². The molecule has 3 rings (SSSR count). The Morgan fingerprint density at radius 3 is 2.64 bits per heavy atom. The van der Waals surface area contributed by atoms with E-state index in [0.29, 0.717) is 30.4 Å². The lowest BCUT2D eigenvalue weighted by Crippen LogP contribution is -2.51. The molecule has 0 aliphatic carbocycles. The quantitative estimate of drug-likeness (QED) is 0.863. The summed E-state index contributed by atoms with van der Waals surface area (Å²) in [6, 6.07) is 5.01. The summed E-state index contributed by atoms with van der Waals surface area (Å²) in [5, 5.41) is 2.90. The molecule has 2 aliphatic rings. The van der Waals surface area contributed by atoms with Crippen molar-refractivity contribution in [3.05, 3.63) is 29.3 Å². The second kappa shape index (κ2) is 7.84. The summed E-state index contributed by atoms with van der Waals surface area (Å²) in [5.41, 5.74) is 7.21. The third kappa shape index (κ3) is 4.49. The van der Waals surface area contributed by atoms with Crippen LogP contribution in [0.2, 0.25) is 0 Å². The van der Waals surface area contributed by atoms with Gasteiger partial charge in [-0.1, -0.05) is 0 Å². The molecule has 25 heavy (non-hydrogen) atoms. The highest BCUT2D eigenvalue weighted by Crippen LogP contribution is 2.17. The number of carbonyl (C=O) groups excluding carboxylic acids is 2. The zero-order valence-electron chi connectivity index (χ0n) is 14.7. The fraction of sp³-hybridized carbons (Fsp3) is 0.556. The van der Waals surface area contributed by atoms with E-state index in [1.165, 1.54) is 0 Å². The Bertz CT molecular complexity index is 635. The molecule has 1 aromatic carbocycles. The number of benzene rings is 1. The number of anilines is 1. The smallest absolute Gasteiger partial charge is 0.321 e. The minimum Gasteiger partial charge on any atom is -0.377 e. The molecular formula is C18H26N4O3. The number of aryl methyl sites for hydroxylation is 1. The van der Waals surface area contributed by atoms with E-state index in [1.807, 2.05) is 4.90 Å². The molecule has 1 unspecified atom stereocenters. The van der Waals surface area contributed by atoms with E-state index in [2.05, 4.69) is 10.2 Å². The van der Waals surface area contributed by atoms with E-state index in [-0.39, 0.29) is 6.03 Å². The summed E-state index contributed by atoms with van der Waals surface area (Å²) >= 11 is 0. The van der Waals surface area contributed by atoms with Gasteiger partial charge in [0.05, 0.1) is 6.10 Å². The van der Waals surface area contributed by atoms with Gasteiger partial charge < -0.3 is 20.7 Å². The van der Waals surface area contributed by atoms with Gasteiger partial charge >= 0.3 is 6.03 Å². The van der Waals surface area contributed by atoms with Crippen molar-refractivity contribution in [2.45, 2.75) is 25.9 Å². The maximum Gasteiger partial charge on any atom is 0.321 e. The molecule has 0 aromatic heterocycles. The second-order valence-corrected chi connectivity index (χ2v) is 6.75. The third-order valence-electron chi connectivity index (χ3n) is 4.89. The minimum atomic E-state index is -0.460. The highest BCUT2D eigenvalue weighted by molar-refractivity contribution is 5.96. The first-order valence-electron chi connectivity index (χ1n) is 8.83. The van der Waals surface area contributed by atoms with E-state index < -0.39 is 5.91 Å². The van der Waals surface area contributed by atoms with Gasteiger partial charge in [-0.2, -0.15) is 0 Å². The molecule has 2 saturated heterocycles. The molecular weight excluding hydrogens is 320 g/mol. The molecule has 2 fully saturated rings. The lowest BCUT2D eigenvalue weighted by molar-refractivity contribution is 0.0572. The van der Waals surface area contributed by atoms with Crippen LogP contribution in [0.4, 0.5) is 10.5 Å². The van der Waals surface area contributed by atoms with Crippen molar-refractivity contribution >= 4 is 17.6 Å². The summed E-state index contributed by atoms with van der Waals surface area (Å²) in [5.74, 6) is -0.460. The number of rotatable bonds is 4. The monoisotopic (exact) mass is 346 g/mol. The first-order chi connectivity index (χ1) is 12.0. The number of piperazine rings is 1. The summed E-state index contributed by atoms with van der Waals surface area (Å²) in [6.45, 7) is 6.79. The number of carbonyl (C=O) groups is 2. The number of hydrogen-bond acceptors (Lipinski definition) is 4. The highest BCUT2D eigenvalue weighted by atomic mass is 16.5. The summed E-state index contributed by atoms with van der Waals surface area (Å²) < 4.78 is 5.68. The standard InChI is InChI=1S/C18H26N4O3/c1-13-11-14(4-5-16(13)17(19)23)20-18(24)22-8-6-21(7-9-22)12-15-3-2-10-25-15/h4-5,11,15H,2-3,6-10,12H2,1H3,(H2,19,23)(H,20,24). The molecule has 1 atom stereocenters. The highest BCUT2D eigenvalue weighted by Gasteiger charge is 2.25. The third-order valence-corrected chi connectivity index (χ3v) is 4.89. The van der Waals surface area contributed by atoms with E-state index in [4.69, 9.17) is 10.5 Å². The van der Waals surface area contributed by atoms with Gasteiger partial charge in [-0.25, -0.2) is 4.79 Å². The fourth-order valence-corrected chi connectivity index (χ4v) is 3.43. The van der Waals surface area contributed by atoms with Crippen LogP contribution in [0.3, 0.4) is 0 Å².